The molecule has 0 fully saturated rings. The Morgan fingerprint density at radius 2 is 0.938 bits per heavy atom. The average Bonchev–Trinajstić information content (AvgIpc) is 2.31. The van der Waals surface area contributed by atoms with Crippen LogP contribution >= 0.6 is 17.0 Å². The summed E-state index contributed by atoms with van der Waals surface area (Å²) >= 11 is 0. The second kappa shape index (κ2) is 5.31. The second-order valence-electron chi connectivity index (χ2n) is 4.36. The average molecular weight is 277 g/mol. The molecular weight excluding hydrogens is 260 g/mol. The highest BCUT2D eigenvalue weighted by atomic mass is 79.9. The van der Waals surface area contributed by atoms with E-state index in [9.17, 15) is 0 Å². The van der Waals surface area contributed by atoms with E-state index in [1.807, 2.05) is 0 Å². The topological polar surface area (TPSA) is 0 Å². The molecule has 2 aromatic carbocycles. The van der Waals surface area contributed by atoms with Crippen molar-refractivity contribution >= 4 is 17.0 Å². The maximum absolute atomic E-state index is 2.26. The van der Waals surface area contributed by atoms with Gasteiger partial charge < -0.3 is 0 Å². The van der Waals surface area contributed by atoms with E-state index in [-0.39, 0.29) is 22.4 Å². The summed E-state index contributed by atoms with van der Waals surface area (Å²) < 4.78 is 0. The van der Waals surface area contributed by atoms with Crippen molar-refractivity contribution < 1.29 is 0 Å². The lowest BCUT2D eigenvalue weighted by molar-refractivity contribution is 0.641. The summed E-state index contributed by atoms with van der Waals surface area (Å²) in [5.41, 5.74) is 2.80. The van der Waals surface area contributed by atoms with Gasteiger partial charge in [-0.2, -0.15) is 0 Å². The van der Waals surface area contributed by atoms with Crippen molar-refractivity contribution in [3.63, 3.8) is 0 Å². The maximum atomic E-state index is 2.26. The highest BCUT2D eigenvalue weighted by molar-refractivity contribution is 8.93. The monoisotopic (exact) mass is 276 g/mol. The summed E-state index contributed by atoms with van der Waals surface area (Å²) in [6.07, 6.45) is 0. The van der Waals surface area contributed by atoms with Crippen LogP contribution < -0.4 is 0 Å². The Balaban J connectivity index is 0.00000128. The smallest absolute Gasteiger partial charge is 0.0146 e. The predicted molar refractivity (Wildman–Crippen MR) is 75.3 cm³/mol. The van der Waals surface area contributed by atoms with Crippen molar-refractivity contribution in [2.45, 2.75) is 19.3 Å². The first kappa shape index (κ1) is 13.0. The minimum atomic E-state index is 0. The summed E-state index contributed by atoms with van der Waals surface area (Å²) in [5.74, 6) is 0. The van der Waals surface area contributed by atoms with Crippen molar-refractivity contribution in [1.82, 2.24) is 0 Å². The summed E-state index contributed by atoms with van der Waals surface area (Å²) in [7, 11) is 0. The van der Waals surface area contributed by atoms with Gasteiger partial charge in [0.15, 0.2) is 0 Å². The summed E-state index contributed by atoms with van der Waals surface area (Å²) in [5, 5.41) is 0. The van der Waals surface area contributed by atoms with Crippen LogP contribution in [-0.4, -0.2) is 0 Å². The van der Waals surface area contributed by atoms with Gasteiger partial charge in [0.25, 0.3) is 0 Å². The van der Waals surface area contributed by atoms with Gasteiger partial charge in [0.1, 0.15) is 0 Å². The minimum absolute atomic E-state index is 0. The van der Waals surface area contributed by atoms with Gasteiger partial charge in [0.05, 0.1) is 0 Å². The number of hydrogen-bond acceptors (Lipinski definition) is 0. The van der Waals surface area contributed by atoms with Gasteiger partial charge in [-0.3, -0.25) is 0 Å². The van der Waals surface area contributed by atoms with Crippen LogP contribution in [0.4, 0.5) is 0 Å². The predicted octanol–water partition coefficient (Wildman–Crippen LogP) is 4.59. The molecule has 0 aliphatic heterocycles. The standard InChI is InChI=1S/C15H16.BrH/c1-15(2,13-9-5-3-6-10-13)14-11-7-4-8-12-14;/h3-12H,1-2H3;1H. The quantitative estimate of drug-likeness (QED) is 0.753. The first-order chi connectivity index (χ1) is 7.21. The maximum Gasteiger partial charge on any atom is 0.0146 e. The molecule has 0 heterocycles. The Hall–Kier alpha value is -1.08. The lowest BCUT2D eigenvalue weighted by atomic mass is 9.78. The summed E-state index contributed by atoms with van der Waals surface area (Å²) in [6.45, 7) is 4.52. The lowest BCUT2D eigenvalue weighted by Gasteiger charge is -2.25. The molecule has 2 aromatic rings. The molecule has 0 bridgehead atoms. The molecule has 2 rings (SSSR count). The van der Waals surface area contributed by atoms with Crippen molar-refractivity contribution in [2.24, 2.45) is 0 Å². The van der Waals surface area contributed by atoms with Gasteiger partial charge in [-0.1, -0.05) is 74.5 Å². The molecule has 0 saturated heterocycles. The SMILES string of the molecule is Br.CC(C)(c1ccccc1)c1ccccc1. The van der Waals surface area contributed by atoms with Crippen molar-refractivity contribution in [3.05, 3.63) is 71.8 Å². The van der Waals surface area contributed by atoms with Crippen LogP contribution in [0.15, 0.2) is 60.7 Å². The van der Waals surface area contributed by atoms with Crippen LogP contribution in [0.2, 0.25) is 0 Å². The van der Waals surface area contributed by atoms with Crippen molar-refractivity contribution in [3.8, 4) is 0 Å². The minimum Gasteiger partial charge on any atom is -0.114 e. The van der Waals surface area contributed by atoms with Gasteiger partial charge >= 0.3 is 0 Å². The van der Waals surface area contributed by atoms with E-state index in [0.717, 1.165) is 0 Å². The molecule has 0 aliphatic rings. The van der Waals surface area contributed by atoms with E-state index in [4.69, 9.17) is 0 Å². The largest absolute Gasteiger partial charge is 0.114 e. The third-order valence-corrected chi connectivity index (χ3v) is 2.99. The summed E-state index contributed by atoms with van der Waals surface area (Å²) in [4.78, 5) is 0. The Kier molecular flexibility index (Phi) is 4.31. The van der Waals surface area contributed by atoms with E-state index in [1.54, 1.807) is 0 Å². The van der Waals surface area contributed by atoms with Crippen LogP contribution in [0.3, 0.4) is 0 Å². The Morgan fingerprint density at radius 1 is 0.625 bits per heavy atom. The molecule has 0 saturated carbocycles. The normalized spacial score (nSPS) is 10.6. The van der Waals surface area contributed by atoms with Crippen LogP contribution in [0, 0.1) is 0 Å². The molecule has 0 aromatic heterocycles. The highest BCUT2D eigenvalue weighted by Crippen LogP contribution is 2.30. The number of rotatable bonds is 2. The molecule has 0 radical (unpaired) electrons. The Bertz CT molecular complexity index is 376. The van der Waals surface area contributed by atoms with Crippen molar-refractivity contribution in [1.29, 1.82) is 0 Å². The molecule has 0 spiro atoms. The number of benzene rings is 2. The fraction of sp³-hybridized carbons (Fsp3) is 0.200. The number of halogens is 1. The van der Waals surface area contributed by atoms with E-state index < -0.39 is 0 Å². The number of hydrogen-bond donors (Lipinski definition) is 0. The highest BCUT2D eigenvalue weighted by Gasteiger charge is 2.21. The first-order valence-electron chi connectivity index (χ1n) is 5.32. The molecule has 0 unspecified atom stereocenters. The molecule has 0 N–H and O–H groups in total. The second-order valence-corrected chi connectivity index (χ2v) is 4.36. The van der Waals surface area contributed by atoms with Crippen LogP contribution in [0.1, 0.15) is 25.0 Å². The van der Waals surface area contributed by atoms with Gasteiger partial charge in [0, 0.05) is 5.41 Å². The summed E-state index contributed by atoms with van der Waals surface area (Å²) in [6, 6.07) is 21.3. The van der Waals surface area contributed by atoms with E-state index in [0.29, 0.717) is 0 Å². The Labute approximate surface area is 108 Å². The van der Waals surface area contributed by atoms with Gasteiger partial charge in [-0.25, -0.2) is 0 Å². The zero-order chi connectivity index (χ0) is 10.7. The van der Waals surface area contributed by atoms with Crippen LogP contribution in [0.5, 0.6) is 0 Å². The fourth-order valence-electron chi connectivity index (χ4n) is 1.88. The van der Waals surface area contributed by atoms with E-state index in [2.05, 4.69) is 74.5 Å². The first-order valence-corrected chi connectivity index (χ1v) is 5.32. The van der Waals surface area contributed by atoms with Gasteiger partial charge in [0.2, 0.25) is 0 Å². The molecule has 0 aliphatic carbocycles. The third kappa shape index (κ3) is 2.53. The molecule has 16 heavy (non-hydrogen) atoms. The van der Waals surface area contributed by atoms with Gasteiger partial charge in [-0.05, 0) is 11.1 Å². The molecule has 0 amide bonds. The van der Waals surface area contributed by atoms with E-state index >= 15 is 0 Å². The molecular formula is C15H17Br. The fourth-order valence-corrected chi connectivity index (χ4v) is 1.88. The van der Waals surface area contributed by atoms with Crippen molar-refractivity contribution in [2.75, 3.05) is 0 Å². The van der Waals surface area contributed by atoms with Crippen LogP contribution in [0.25, 0.3) is 0 Å². The Morgan fingerprint density at radius 3 is 1.25 bits per heavy atom. The zero-order valence-electron chi connectivity index (χ0n) is 9.68. The van der Waals surface area contributed by atoms with E-state index in [1.165, 1.54) is 11.1 Å². The third-order valence-electron chi connectivity index (χ3n) is 2.99. The molecule has 1 heteroatoms. The zero-order valence-corrected chi connectivity index (χ0v) is 11.4. The molecule has 84 valence electrons. The molecule has 0 atom stereocenters. The van der Waals surface area contributed by atoms with Gasteiger partial charge in [-0.15, -0.1) is 17.0 Å². The lowest BCUT2D eigenvalue weighted by Crippen LogP contribution is -2.18. The van der Waals surface area contributed by atoms with Crippen LogP contribution in [-0.2, 0) is 5.41 Å². The molecule has 0 nitrogen and oxygen atoms in total.